The van der Waals surface area contributed by atoms with Gasteiger partial charge in [0.1, 0.15) is 12.6 Å². The summed E-state index contributed by atoms with van der Waals surface area (Å²) in [6, 6.07) is 13.2. The fourth-order valence-corrected chi connectivity index (χ4v) is 3.60. The molecule has 0 saturated heterocycles. The maximum atomic E-state index is 12.7. The Balaban J connectivity index is 1.63. The van der Waals surface area contributed by atoms with Crippen molar-refractivity contribution in [1.29, 1.82) is 0 Å². The standard InChI is InChI=1S/C26H31N3O5/c1-16(2)23(28-24(32)17-10-12-18(13-11-17)26(3,4)5)25(33)34-15-22(31)29-14-21(30)27-19-8-6-7-9-20(19)29/h6-13,16,23H,14-15H2,1-5H3,(H,27,30)(H,28,32)/t23-/m0/s1. The third-order valence-electron chi connectivity index (χ3n) is 5.63. The zero-order valence-electron chi connectivity index (χ0n) is 20.2. The van der Waals surface area contributed by atoms with Gasteiger partial charge in [-0.25, -0.2) is 4.79 Å². The van der Waals surface area contributed by atoms with Crippen LogP contribution in [0.2, 0.25) is 0 Å². The Morgan fingerprint density at radius 2 is 1.71 bits per heavy atom. The van der Waals surface area contributed by atoms with Gasteiger partial charge in [0.2, 0.25) is 5.91 Å². The molecule has 1 aliphatic rings. The van der Waals surface area contributed by atoms with Gasteiger partial charge in [-0.1, -0.05) is 58.9 Å². The lowest BCUT2D eigenvalue weighted by Crippen LogP contribution is -2.47. The van der Waals surface area contributed by atoms with Gasteiger partial charge in [-0.15, -0.1) is 0 Å². The molecule has 0 aromatic heterocycles. The smallest absolute Gasteiger partial charge is 0.329 e. The Morgan fingerprint density at radius 1 is 1.06 bits per heavy atom. The summed E-state index contributed by atoms with van der Waals surface area (Å²) in [7, 11) is 0. The van der Waals surface area contributed by atoms with Crippen LogP contribution in [0, 0.1) is 5.92 Å². The number of rotatable bonds is 6. The van der Waals surface area contributed by atoms with Gasteiger partial charge >= 0.3 is 5.97 Å². The summed E-state index contributed by atoms with van der Waals surface area (Å²) in [5.74, 6) is -2.23. The predicted octanol–water partition coefficient (Wildman–Crippen LogP) is 3.27. The number of carbonyl (C=O) groups is 4. The second kappa shape index (κ2) is 10.1. The van der Waals surface area contributed by atoms with E-state index in [9.17, 15) is 19.2 Å². The average molecular weight is 466 g/mol. The van der Waals surface area contributed by atoms with Gasteiger partial charge in [0.05, 0.1) is 11.4 Å². The predicted molar refractivity (Wildman–Crippen MR) is 130 cm³/mol. The molecular formula is C26H31N3O5. The van der Waals surface area contributed by atoms with E-state index in [1.807, 2.05) is 12.1 Å². The SMILES string of the molecule is CC(C)[C@H](NC(=O)c1ccc(C(C)(C)C)cc1)C(=O)OCC(=O)N1CC(=O)Nc2ccccc21. The number of hydrogen-bond donors (Lipinski definition) is 2. The summed E-state index contributed by atoms with van der Waals surface area (Å²) < 4.78 is 5.25. The van der Waals surface area contributed by atoms with Crippen LogP contribution in [0.3, 0.4) is 0 Å². The second-order valence-corrected chi connectivity index (χ2v) is 9.68. The molecule has 8 nitrogen and oxygen atoms in total. The van der Waals surface area contributed by atoms with Crippen LogP contribution >= 0.6 is 0 Å². The molecule has 2 aromatic carbocycles. The van der Waals surface area contributed by atoms with Crippen molar-refractivity contribution in [2.75, 3.05) is 23.4 Å². The molecule has 3 amide bonds. The normalized spacial score (nSPS) is 14.2. The van der Waals surface area contributed by atoms with E-state index in [0.717, 1.165) is 5.56 Å². The first kappa shape index (κ1) is 25.0. The number of ether oxygens (including phenoxy) is 1. The minimum Gasteiger partial charge on any atom is -0.454 e. The number of hydrogen-bond acceptors (Lipinski definition) is 5. The van der Waals surface area contributed by atoms with E-state index in [1.165, 1.54) is 4.90 Å². The number of amides is 3. The second-order valence-electron chi connectivity index (χ2n) is 9.68. The molecular weight excluding hydrogens is 434 g/mol. The van der Waals surface area contributed by atoms with Gasteiger partial charge < -0.3 is 15.4 Å². The average Bonchev–Trinajstić information content (AvgIpc) is 2.79. The summed E-state index contributed by atoms with van der Waals surface area (Å²) in [5, 5.41) is 5.42. The van der Waals surface area contributed by atoms with Gasteiger partial charge in [-0.3, -0.25) is 19.3 Å². The van der Waals surface area contributed by atoms with Gasteiger partial charge in [-0.05, 0) is 41.2 Å². The van der Waals surface area contributed by atoms with Crippen molar-refractivity contribution in [2.45, 2.75) is 46.1 Å². The highest BCUT2D eigenvalue weighted by molar-refractivity contribution is 6.10. The highest BCUT2D eigenvalue weighted by atomic mass is 16.5. The van der Waals surface area contributed by atoms with E-state index in [4.69, 9.17) is 4.74 Å². The molecule has 180 valence electrons. The van der Waals surface area contributed by atoms with Crippen molar-refractivity contribution < 1.29 is 23.9 Å². The summed E-state index contributed by atoms with van der Waals surface area (Å²) in [6.07, 6.45) is 0. The minimum atomic E-state index is -0.931. The lowest BCUT2D eigenvalue weighted by molar-refractivity contribution is -0.150. The van der Waals surface area contributed by atoms with E-state index in [2.05, 4.69) is 31.4 Å². The van der Waals surface area contributed by atoms with Crippen LogP contribution < -0.4 is 15.5 Å². The molecule has 1 aliphatic heterocycles. The van der Waals surface area contributed by atoms with E-state index in [1.54, 1.807) is 50.2 Å². The zero-order valence-corrected chi connectivity index (χ0v) is 20.2. The Morgan fingerprint density at radius 3 is 2.32 bits per heavy atom. The lowest BCUT2D eigenvalue weighted by Gasteiger charge is -2.29. The van der Waals surface area contributed by atoms with Crippen molar-refractivity contribution in [1.82, 2.24) is 5.32 Å². The summed E-state index contributed by atoms with van der Waals surface area (Å²) in [5.41, 5.74) is 2.54. The van der Waals surface area contributed by atoms with Gasteiger partial charge in [0.15, 0.2) is 6.61 Å². The van der Waals surface area contributed by atoms with Gasteiger partial charge in [0.25, 0.3) is 11.8 Å². The third kappa shape index (κ3) is 5.81. The number of fused-ring (bicyclic) bond motifs is 1. The molecule has 2 N–H and O–H groups in total. The number of nitrogens with zero attached hydrogens (tertiary/aromatic N) is 1. The van der Waals surface area contributed by atoms with Crippen molar-refractivity contribution in [3.63, 3.8) is 0 Å². The highest BCUT2D eigenvalue weighted by Gasteiger charge is 2.30. The zero-order chi connectivity index (χ0) is 25.0. The van der Waals surface area contributed by atoms with Crippen molar-refractivity contribution in [3.05, 3.63) is 59.7 Å². The maximum Gasteiger partial charge on any atom is 0.329 e. The van der Waals surface area contributed by atoms with Gasteiger partial charge in [0, 0.05) is 5.56 Å². The van der Waals surface area contributed by atoms with Crippen LogP contribution in [0.15, 0.2) is 48.5 Å². The summed E-state index contributed by atoms with van der Waals surface area (Å²) in [4.78, 5) is 51.5. The number of esters is 1. The van der Waals surface area contributed by atoms with E-state index in [-0.39, 0.29) is 23.8 Å². The first-order valence-electron chi connectivity index (χ1n) is 11.2. The topological polar surface area (TPSA) is 105 Å². The molecule has 0 fully saturated rings. The molecule has 0 aliphatic carbocycles. The first-order chi connectivity index (χ1) is 16.0. The molecule has 2 aromatic rings. The van der Waals surface area contributed by atoms with E-state index in [0.29, 0.717) is 16.9 Å². The Hall–Kier alpha value is -3.68. The van der Waals surface area contributed by atoms with Crippen molar-refractivity contribution in [3.8, 4) is 0 Å². The molecule has 34 heavy (non-hydrogen) atoms. The Labute approximate surface area is 199 Å². The fraction of sp³-hybridized carbons (Fsp3) is 0.385. The molecule has 0 saturated carbocycles. The summed E-state index contributed by atoms with van der Waals surface area (Å²) in [6.45, 7) is 9.11. The maximum absolute atomic E-state index is 12.7. The molecule has 0 radical (unpaired) electrons. The fourth-order valence-electron chi connectivity index (χ4n) is 3.60. The molecule has 8 heteroatoms. The first-order valence-corrected chi connectivity index (χ1v) is 11.2. The molecule has 1 atom stereocenters. The van der Waals surface area contributed by atoms with Crippen LogP contribution in [0.5, 0.6) is 0 Å². The monoisotopic (exact) mass is 465 g/mol. The minimum absolute atomic E-state index is 0.0403. The molecule has 1 heterocycles. The number of para-hydroxylation sites is 2. The largest absolute Gasteiger partial charge is 0.454 e. The van der Waals surface area contributed by atoms with Crippen molar-refractivity contribution in [2.24, 2.45) is 5.92 Å². The Bertz CT molecular complexity index is 1090. The van der Waals surface area contributed by atoms with Crippen LogP contribution in [0.25, 0.3) is 0 Å². The van der Waals surface area contributed by atoms with Crippen LogP contribution in [-0.4, -0.2) is 42.9 Å². The number of carbonyl (C=O) groups excluding carboxylic acids is 4. The third-order valence-corrected chi connectivity index (χ3v) is 5.63. The van der Waals surface area contributed by atoms with E-state index < -0.39 is 30.4 Å². The molecule has 0 spiro atoms. The molecule has 0 unspecified atom stereocenters. The highest BCUT2D eigenvalue weighted by Crippen LogP contribution is 2.29. The van der Waals surface area contributed by atoms with Crippen LogP contribution in [-0.2, 0) is 24.5 Å². The number of benzene rings is 2. The summed E-state index contributed by atoms with van der Waals surface area (Å²) >= 11 is 0. The van der Waals surface area contributed by atoms with Crippen LogP contribution in [0.4, 0.5) is 11.4 Å². The Kier molecular flexibility index (Phi) is 7.39. The molecule has 3 rings (SSSR count). The lowest BCUT2D eigenvalue weighted by atomic mass is 9.86. The van der Waals surface area contributed by atoms with Crippen LogP contribution in [0.1, 0.15) is 50.5 Å². The number of nitrogens with one attached hydrogen (secondary N) is 2. The quantitative estimate of drug-likeness (QED) is 0.637. The van der Waals surface area contributed by atoms with Gasteiger partial charge in [-0.2, -0.15) is 0 Å². The van der Waals surface area contributed by atoms with E-state index >= 15 is 0 Å². The van der Waals surface area contributed by atoms with Crippen molar-refractivity contribution >= 4 is 35.1 Å². The molecule has 0 bridgehead atoms. The number of anilines is 2.